The van der Waals surface area contributed by atoms with Crippen LogP contribution >= 0.6 is 0 Å². The summed E-state index contributed by atoms with van der Waals surface area (Å²) >= 11 is 0. The molecule has 0 unspecified atom stereocenters. The topological polar surface area (TPSA) is 121 Å². The lowest BCUT2D eigenvalue weighted by Crippen LogP contribution is -2.16. The molecule has 1 amide bonds. The number of benzene rings is 3. The number of carbonyl (C=O) groups excluding carboxylic acids is 2. The molecule has 6 rings (SSSR count). The monoisotopic (exact) mass is 562 g/mol. The van der Waals surface area contributed by atoms with Gasteiger partial charge in [0.15, 0.2) is 5.82 Å². The highest BCUT2D eigenvalue weighted by Crippen LogP contribution is 2.32. The van der Waals surface area contributed by atoms with E-state index < -0.39 is 49.4 Å². The molecule has 0 fully saturated rings. The molecule has 5 aromatic rings. The Bertz CT molecular complexity index is 1990. The van der Waals surface area contributed by atoms with Crippen LogP contribution < -0.4 is 10.0 Å². The molecule has 0 saturated carbocycles. The third kappa shape index (κ3) is 4.37. The van der Waals surface area contributed by atoms with E-state index in [1.165, 1.54) is 12.3 Å². The maximum Gasteiger partial charge on any atom is 0.262 e. The van der Waals surface area contributed by atoms with Crippen LogP contribution in [0.25, 0.3) is 22.2 Å². The van der Waals surface area contributed by atoms with Gasteiger partial charge >= 0.3 is 0 Å². The zero-order chi connectivity index (χ0) is 28.2. The number of aromatic amines is 1. The van der Waals surface area contributed by atoms with Crippen LogP contribution in [0, 0.1) is 17.5 Å². The maximum atomic E-state index is 15.5. The summed E-state index contributed by atoms with van der Waals surface area (Å²) in [7, 11) is -4.45. The molecule has 0 atom stereocenters. The van der Waals surface area contributed by atoms with Crippen molar-refractivity contribution in [3.05, 3.63) is 107 Å². The summed E-state index contributed by atoms with van der Waals surface area (Å²) in [6, 6.07) is 12.6. The summed E-state index contributed by atoms with van der Waals surface area (Å²) in [5, 5.41) is 3.03. The van der Waals surface area contributed by atoms with Crippen molar-refractivity contribution in [1.82, 2.24) is 9.97 Å². The molecule has 1 aliphatic heterocycles. The maximum absolute atomic E-state index is 15.5. The third-order valence-electron chi connectivity index (χ3n) is 6.51. The predicted octanol–water partition coefficient (Wildman–Crippen LogP) is 5.17. The number of pyridine rings is 1. The first-order valence-electron chi connectivity index (χ1n) is 11.8. The highest BCUT2D eigenvalue weighted by atomic mass is 32.2. The fourth-order valence-corrected chi connectivity index (χ4v) is 5.66. The molecule has 1 aliphatic rings. The molecule has 12 heteroatoms. The number of anilines is 2. The zero-order valence-electron chi connectivity index (χ0n) is 20.3. The molecule has 3 heterocycles. The van der Waals surface area contributed by atoms with Crippen molar-refractivity contribution in [2.24, 2.45) is 0 Å². The van der Waals surface area contributed by atoms with Crippen molar-refractivity contribution in [1.29, 1.82) is 0 Å². The van der Waals surface area contributed by atoms with E-state index in [0.717, 1.165) is 41.5 Å². The number of H-pyrrole nitrogens is 1. The number of fused-ring (bicyclic) bond motifs is 2. The quantitative estimate of drug-likeness (QED) is 0.247. The van der Waals surface area contributed by atoms with Gasteiger partial charge in [-0.25, -0.2) is 26.6 Å². The van der Waals surface area contributed by atoms with Crippen LogP contribution in [0.4, 0.5) is 24.5 Å². The van der Waals surface area contributed by atoms with Gasteiger partial charge in [0, 0.05) is 34.6 Å². The van der Waals surface area contributed by atoms with Crippen LogP contribution in [-0.2, 0) is 21.2 Å². The van der Waals surface area contributed by atoms with Gasteiger partial charge in [-0.1, -0.05) is 12.1 Å². The molecule has 2 aromatic heterocycles. The molecule has 0 bridgehead atoms. The normalized spacial score (nSPS) is 12.8. The van der Waals surface area contributed by atoms with Gasteiger partial charge in [-0.05, 0) is 59.7 Å². The molecular formula is C28H17F3N4O4S. The average molecular weight is 563 g/mol. The van der Waals surface area contributed by atoms with Crippen LogP contribution in [0.3, 0.4) is 0 Å². The first-order chi connectivity index (χ1) is 19.1. The highest BCUT2D eigenvalue weighted by Gasteiger charge is 2.27. The van der Waals surface area contributed by atoms with Gasteiger partial charge in [-0.3, -0.25) is 14.3 Å². The van der Waals surface area contributed by atoms with E-state index in [9.17, 15) is 26.8 Å². The number of sulfonamides is 1. The molecule has 200 valence electrons. The zero-order valence-corrected chi connectivity index (χ0v) is 21.1. The predicted molar refractivity (Wildman–Crippen MR) is 141 cm³/mol. The smallest absolute Gasteiger partial charge is 0.262 e. The van der Waals surface area contributed by atoms with E-state index in [0.29, 0.717) is 11.3 Å². The number of halogens is 3. The largest absolute Gasteiger partial charge is 0.345 e. The molecule has 0 aliphatic carbocycles. The summed E-state index contributed by atoms with van der Waals surface area (Å²) in [6.45, 7) is 0. The van der Waals surface area contributed by atoms with Gasteiger partial charge in [0.25, 0.3) is 10.0 Å². The van der Waals surface area contributed by atoms with Crippen LogP contribution in [0.2, 0.25) is 0 Å². The minimum Gasteiger partial charge on any atom is -0.345 e. The van der Waals surface area contributed by atoms with E-state index in [2.05, 4.69) is 15.3 Å². The van der Waals surface area contributed by atoms with Gasteiger partial charge in [0.2, 0.25) is 11.7 Å². The Labute approximate surface area is 224 Å². The Kier molecular flexibility index (Phi) is 5.91. The highest BCUT2D eigenvalue weighted by molar-refractivity contribution is 7.92. The Balaban J connectivity index is 1.38. The molecular weight excluding hydrogens is 545 g/mol. The van der Waals surface area contributed by atoms with Crippen molar-refractivity contribution in [2.75, 3.05) is 10.0 Å². The fourth-order valence-electron chi connectivity index (χ4n) is 4.57. The summed E-state index contributed by atoms with van der Waals surface area (Å²) in [4.78, 5) is 31.8. The molecule has 0 spiro atoms. The van der Waals surface area contributed by atoms with E-state index in [1.54, 1.807) is 24.4 Å². The van der Waals surface area contributed by atoms with E-state index in [-0.39, 0.29) is 28.9 Å². The van der Waals surface area contributed by atoms with E-state index in [1.807, 2.05) is 10.8 Å². The molecule has 8 nitrogen and oxygen atoms in total. The van der Waals surface area contributed by atoms with Crippen molar-refractivity contribution < 1.29 is 31.2 Å². The molecule has 0 radical (unpaired) electrons. The Morgan fingerprint density at radius 1 is 0.975 bits per heavy atom. The lowest BCUT2D eigenvalue weighted by atomic mass is 9.99. The lowest BCUT2D eigenvalue weighted by molar-refractivity contribution is -0.115. The standard InChI is InChI=1S/C28H17F3N4O4S/c29-17-2-1-3-18(11-17)40(38,39)35-23-7-5-21(30)25(26(23)31)27(37)20-13-33-28-19(20)9-16(12-32-28)14-4-6-22-15(8-14)10-24(36)34-22/h1-9,11-13,35H,10H2,(H,32,33)(H,34,36). The second-order valence-electron chi connectivity index (χ2n) is 9.10. The van der Waals surface area contributed by atoms with Crippen LogP contribution in [0.15, 0.2) is 78.0 Å². The van der Waals surface area contributed by atoms with Crippen molar-refractivity contribution >= 4 is 44.1 Å². The summed E-state index contributed by atoms with van der Waals surface area (Å²) in [6.07, 6.45) is 3.05. The number of nitrogens with zero attached hydrogens (tertiary/aromatic N) is 1. The molecule has 0 saturated heterocycles. The lowest BCUT2D eigenvalue weighted by Gasteiger charge is -2.12. The average Bonchev–Trinajstić information content (AvgIpc) is 3.52. The summed E-state index contributed by atoms with van der Waals surface area (Å²) in [5.41, 5.74) is 1.35. The number of rotatable bonds is 6. The Morgan fingerprint density at radius 3 is 2.60 bits per heavy atom. The second-order valence-corrected chi connectivity index (χ2v) is 10.8. The van der Waals surface area contributed by atoms with Gasteiger partial charge in [-0.2, -0.15) is 0 Å². The van der Waals surface area contributed by atoms with E-state index >= 15 is 4.39 Å². The van der Waals surface area contributed by atoms with Gasteiger partial charge in [0.05, 0.1) is 22.6 Å². The summed E-state index contributed by atoms with van der Waals surface area (Å²) in [5.74, 6) is -4.63. The van der Waals surface area contributed by atoms with Crippen LogP contribution in [-0.4, -0.2) is 30.1 Å². The number of aromatic nitrogens is 2. The number of carbonyl (C=O) groups is 2. The van der Waals surface area contributed by atoms with Gasteiger partial charge in [0.1, 0.15) is 17.3 Å². The van der Waals surface area contributed by atoms with Crippen LogP contribution in [0.5, 0.6) is 0 Å². The number of nitrogens with one attached hydrogen (secondary N) is 3. The summed E-state index contributed by atoms with van der Waals surface area (Å²) < 4.78 is 71.2. The van der Waals surface area contributed by atoms with Crippen molar-refractivity contribution in [3.8, 4) is 11.1 Å². The van der Waals surface area contributed by atoms with Crippen molar-refractivity contribution in [3.63, 3.8) is 0 Å². The number of hydrogen-bond acceptors (Lipinski definition) is 5. The SMILES string of the molecule is O=C1Cc2cc(-c3cnc4[nH]cc(C(=O)c5c(F)ccc(NS(=O)(=O)c6cccc(F)c6)c5F)c4c3)ccc2N1. The van der Waals surface area contributed by atoms with Gasteiger partial charge in [-0.15, -0.1) is 0 Å². The molecule has 3 N–H and O–H groups in total. The van der Waals surface area contributed by atoms with E-state index in [4.69, 9.17) is 0 Å². The molecule has 40 heavy (non-hydrogen) atoms. The number of hydrogen-bond donors (Lipinski definition) is 3. The third-order valence-corrected chi connectivity index (χ3v) is 7.87. The minimum absolute atomic E-state index is 0.0923. The Morgan fingerprint density at radius 2 is 1.80 bits per heavy atom. The first-order valence-corrected chi connectivity index (χ1v) is 13.3. The van der Waals surface area contributed by atoms with Crippen molar-refractivity contribution in [2.45, 2.75) is 11.3 Å². The second kappa shape index (κ2) is 9.35. The van der Waals surface area contributed by atoms with Crippen LogP contribution in [0.1, 0.15) is 21.5 Å². The number of amides is 1. The number of ketones is 1. The Hall–Kier alpha value is -4.97. The first kappa shape index (κ1) is 25.3. The molecule has 3 aromatic carbocycles. The minimum atomic E-state index is -4.45. The fraction of sp³-hybridized carbons (Fsp3) is 0.0357. The van der Waals surface area contributed by atoms with Gasteiger partial charge < -0.3 is 10.3 Å².